The molecule has 0 aliphatic heterocycles. The molecule has 1 aromatic heterocycles. The Kier molecular flexibility index (Phi) is 8.08. The molecule has 164 valence electrons. The number of amides is 1. The van der Waals surface area contributed by atoms with Crippen molar-refractivity contribution in [2.45, 2.75) is 13.0 Å². The van der Waals surface area contributed by atoms with E-state index in [1.54, 1.807) is 12.1 Å². The Morgan fingerprint density at radius 1 is 0.968 bits per heavy atom. The van der Waals surface area contributed by atoms with Crippen molar-refractivity contribution in [2.75, 3.05) is 45.7 Å². The number of rotatable bonds is 10. The first-order valence-electron chi connectivity index (χ1n) is 10.2. The zero-order chi connectivity index (χ0) is 22.2. The topological polar surface area (TPSA) is 52.6 Å². The summed E-state index contributed by atoms with van der Waals surface area (Å²) in [6.07, 6.45) is 0.529. The summed E-state index contributed by atoms with van der Waals surface area (Å²) in [5, 5.41) is 0.692. The molecule has 2 aromatic carbocycles. The van der Waals surface area contributed by atoms with Gasteiger partial charge in [0.1, 0.15) is 11.6 Å². The Labute approximate surface area is 187 Å². The molecule has 0 bridgehead atoms. The third kappa shape index (κ3) is 7.11. The van der Waals surface area contributed by atoms with Gasteiger partial charge in [0.25, 0.3) is 0 Å². The number of benzene rings is 2. The summed E-state index contributed by atoms with van der Waals surface area (Å²) in [4.78, 5) is 23.4. The Hall–Kier alpha value is -2.84. The number of halogens is 1. The third-order valence-corrected chi connectivity index (χ3v) is 5.69. The standard InChI is InChI=1S/C23H28FN5OS/c1-27(2)13-14-29(16-19-7-5-4-6-8-19)22(30)17-28(3)23-25-21(26-31-23)15-18-9-11-20(24)12-10-18/h4-12H,13-17H2,1-3H3. The molecular formula is C23H28FN5OS. The highest BCUT2D eigenvalue weighted by Crippen LogP contribution is 2.18. The fraction of sp³-hybridized carbons (Fsp3) is 0.348. The number of carbonyl (C=O) groups excluding carboxylic acids is 1. The van der Waals surface area contributed by atoms with Gasteiger partial charge in [0.15, 0.2) is 0 Å². The molecule has 0 spiro atoms. The van der Waals surface area contributed by atoms with Crippen LogP contribution in [0.5, 0.6) is 0 Å². The van der Waals surface area contributed by atoms with Crippen LogP contribution in [0.3, 0.4) is 0 Å². The quantitative estimate of drug-likeness (QED) is 0.483. The van der Waals surface area contributed by atoms with Gasteiger partial charge in [0, 0.05) is 44.6 Å². The summed E-state index contributed by atoms with van der Waals surface area (Å²) in [6, 6.07) is 16.3. The van der Waals surface area contributed by atoms with Crippen LogP contribution in [-0.4, -0.2) is 65.8 Å². The Bertz CT molecular complexity index is 962. The average Bonchev–Trinajstić information content (AvgIpc) is 3.22. The van der Waals surface area contributed by atoms with Crippen LogP contribution in [0, 0.1) is 5.82 Å². The van der Waals surface area contributed by atoms with Crippen LogP contribution in [0.25, 0.3) is 0 Å². The second-order valence-corrected chi connectivity index (χ2v) is 8.49. The predicted octanol–water partition coefficient (Wildman–Crippen LogP) is 3.29. The number of aromatic nitrogens is 2. The van der Waals surface area contributed by atoms with E-state index in [1.165, 1.54) is 23.7 Å². The van der Waals surface area contributed by atoms with Crippen molar-refractivity contribution in [3.05, 3.63) is 77.4 Å². The Morgan fingerprint density at radius 2 is 1.68 bits per heavy atom. The molecule has 0 saturated carbocycles. The van der Waals surface area contributed by atoms with E-state index in [9.17, 15) is 9.18 Å². The lowest BCUT2D eigenvalue weighted by Crippen LogP contribution is -2.41. The highest BCUT2D eigenvalue weighted by atomic mass is 32.1. The first-order valence-corrected chi connectivity index (χ1v) is 10.9. The molecule has 6 nitrogen and oxygen atoms in total. The maximum atomic E-state index is 13.1. The summed E-state index contributed by atoms with van der Waals surface area (Å²) in [5.74, 6) is 0.450. The summed E-state index contributed by atoms with van der Waals surface area (Å²) in [7, 11) is 5.86. The van der Waals surface area contributed by atoms with E-state index >= 15 is 0 Å². The molecule has 3 aromatic rings. The van der Waals surface area contributed by atoms with Crippen LogP contribution in [-0.2, 0) is 17.8 Å². The van der Waals surface area contributed by atoms with Gasteiger partial charge in [-0.1, -0.05) is 42.5 Å². The largest absolute Gasteiger partial charge is 0.341 e. The summed E-state index contributed by atoms with van der Waals surface area (Å²) < 4.78 is 17.5. The lowest BCUT2D eigenvalue weighted by atomic mass is 10.1. The van der Waals surface area contributed by atoms with Gasteiger partial charge in [-0.15, -0.1) is 0 Å². The van der Waals surface area contributed by atoms with E-state index in [1.807, 2.05) is 61.3 Å². The molecule has 0 radical (unpaired) electrons. The predicted molar refractivity (Wildman–Crippen MR) is 123 cm³/mol. The van der Waals surface area contributed by atoms with Crippen molar-refractivity contribution >= 4 is 22.6 Å². The fourth-order valence-corrected chi connectivity index (χ4v) is 3.69. The van der Waals surface area contributed by atoms with Crippen LogP contribution in [0.1, 0.15) is 17.0 Å². The van der Waals surface area contributed by atoms with Crippen LogP contribution in [0.2, 0.25) is 0 Å². The van der Waals surface area contributed by atoms with E-state index in [0.29, 0.717) is 30.5 Å². The first kappa shape index (κ1) is 22.8. The van der Waals surface area contributed by atoms with Gasteiger partial charge >= 0.3 is 0 Å². The van der Waals surface area contributed by atoms with Crippen molar-refractivity contribution < 1.29 is 9.18 Å². The number of hydrogen-bond acceptors (Lipinski definition) is 6. The highest BCUT2D eigenvalue weighted by molar-refractivity contribution is 7.09. The Balaban J connectivity index is 1.62. The van der Waals surface area contributed by atoms with Gasteiger partial charge < -0.3 is 14.7 Å². The molecule has 0 aliphatic carbocycles. The molecule has 0 aliphatic rings. The van der Waals surface area contributed by atoms with Crippen LogP contribution >= 0.6 is 11.5 Å². The Morgan fingerprint density at radius 3 is 2.35 bits per heavy atom. The summed E-state index contributed by atoms with van der Waals surface area (Å²) in [6.45, 7) is 2.25. The zero-order valence-corrected chi connectivity index (χ0v) is 19.0. The molecule has 1 amide bonds. The molecule has 0 fully saturated rings. The first-order chi connectivity index (χ1) is 14.9. The highest BCUT2D eigenvalue weighted by Gasteiger charge is 2.18. The lowest BCUT2D eigenvalue weighted by Gasteiger charge is -2.26. The summed E-state index contributed by atoms with van der Waals surface area (Å²) in [5.41, 5.74) is 2.05. The number of carbonyl (C=O) groups is 1. The maximum absolute atomic E-state index is 13.1. The van der Waals surface area contributed by atoms with Gasteiger partial charge in [-0.2, -0.15) is 4.37 Å². The van der Waals surface area contributed by atoms with Gasteiger partial charge in [0.05, 0.1) is 6.54 Å². The zero-order valence-electron chi connectivity index (χ0n) is 18.2. The van der Waals surface area contributed by atoms with E-state index in [4.69, 9.17) is 0 Å². The van der Waals surface area contributed by atoms with Crippen molar-refractivity contribution in [2.24, 2.45) is 0 Å². The van der Waals surface area contributed by atoms with E-state index in [2.05, 4.69) is 14.3 Å². The normalized spacial score (nSPS) is 11.0. The number of anilines is 1. The van der Waals surface area contributed by atoms with Crippen molar-refractivity contribution in [1.82, 2.24) is 19.2 Å². The van der Waals surface area contributed by atoms with Crippen molar-refractivity contribution in [3.63, 3.8) is 0 Å². The number of likely N-dealkylation sites (N-methyl/N-ethyl adjacent to an activating group) is 2. The van der Waals surface area contributed by atoms with E-state index < -0.39 is 0 Å². The minimum atomic E-state index is -0.261. The third-order valence-electron chi connectivity index (χ3n) is 4.82. The molecule has 0 unspecified atom stereocenters. The SMILES string of the molecule is CN(C)CCN(Cc1ccccc1)C(=O)CN(C)c1nc(Cc2ccc(F)cc2)ns1. The number of hydrogen-bond donors (Lipinski definition) is 0. The second kappa shape index (κ2) is 11.0. The molecule has 0 N–H and O–H groups in total. The lowest BCUT2D eigenvalue weighted by molar-refractivity contribution is -0.130. The van der Waals surface area contributed by atoms with Gasteiger partial charge in [-0.05, 0) is 37.4 Å². The molecular weight excluding hydrogens is 413 g/mol. The fourth-order valence-electron chi connectivity index (χ4n) is 3.04. The molecule has 1 heterocycles. The molecule has 31 heavy (non-hydrogen) atoms. The van der Waals surface area contributed by atoms with Crippen LogP contribution in [0.15, 0.2) is 54.6 Å². The minimum absolute atomic E-state index is 0.0449. The van der Waals surface area contributed by atoms with Gasteiger partial charge in [0.2, 0.25) is 11.0 Å². The smallest absolute Gasteiger partial charge is 0.242 e. The summed E-state index contributed by atoms with van der Waals surface area (Å²) >= 11 is 1.27. The minimum Gasteiger partial charge on any atom is -0.341 e. The molecule has 0 atom stereocenters. The average molecular weight is 442 g/mol. The number of nitrogens with zero attached hydrogens (tertiary/aromatic N) is 5. The molecule has 0 saturated heterocycles. The van der Waals surface area contributed by atoms with Gasteiger partial charge in [-0.3, -0.25) is 4.79 Å². The molecule has 8 heteroatoms. The van der Waals surface area contributed by atoms with Gasteiger partial charge in [-0.25, -0.2) is 9.37 Å². The maximum Gasteiger partial charge on any atom is 0.242 e. The van der Waals surface area contributed by atoms with Crippen LogP contribution in [0.4, 0.5) is 9.52 Å². The monoisotopic (exact) mass is 441 g/mol. The van der Waals surface area contributed by atoms with Crippen LogP contribution < -0.4 is 4.90 Å². The van der Waals surface area contributed by atoms with Crippen molar-refractivity contribution in [1.29, 1.82) is 0 Å². The van der Waals surface area contributed by atoms with E-state index in [-0.39, 0.29) is 18.3 Å². The second-order valence-electron chi connectivity index (χ2n) is 7.76. The van der Waals surface area contributed by atoms with Crippen molar-refractivity contribution in [3.8, 4) is 0 Å². The molecule has 3 rings (SSSR count). The van der Waals surface area contributed by atoms with E-state index in [0.717, 1.165) is 17.7 Å².